The van der Waals surface area contributed by atoms with Gasteiger partial charge in [-0.1, -0.05) is 0 Å². The van der Waals surface area contributed by atoms with E-state index in [1.807, 2.05) is 4.72 Å². The van der Waals surface area contributed by atoms with Crippen LogP contribution in [0.15, 0.2) is 47.4 Å². The number of carbonyl (C=O) groups is 3. The van der Waals surface area contributed by atoms with Gasteiger partial charge < -0.3 is 15.4 Å². The number of amides is 3. The Morgan fingerprint density at radius 3 is 2.48 bits per heavy atom. The Bertz CT molecular complexity index is 1030. The van der Waals surface area contributed by atoms with Gasteiger partial charge in [0.2, 0.25) is 5.91 Å². The first-order valence-corrected chi connectivity index (χ1v) is 9.24. The number of hydrogen-bond acceptors (Lipinski definition) is 6. The van der Waals surface area contributed by atoms with Gasteiger partial charge >= 0.3 is 0 Å². The molecule has 0 saturated carbocycles. The standard InChI is InChI=1S/C17H15N3O6S/c1-10(21)18-12-3-5-13(6-4-12)27(24,25)20-17(23)11-2-7-15-14(8-11)19-16(22)9-26-15/h2-8H,9H2,1H3,(H,18,21)(H,19,22)(H,20,23). The number of nitrogens with one attached hydrogen (secondary N) is 3. The van der Waals surface area contributed by atoms with E-state index >= 15 is 0 Å². The molecule has 3 rings (SSSR count). The van der Waals surface area contributed by atoms with E-state index in [0.29, 0.717) is 11.4 Å². The average molecular weight is 389 g/mol. The van der Waals surface area contributed by atoms with E-state index in [4.69, 9.17) is 4.74 Å². The van der Waals surface area contributed by atoms with Gasteiger partial charge in [-0.05, 0) is 42.5 Å². The zero-order chi connectivity index (χ0) is 19.6. The van der Waals surface area contributed by atoms with Gasteiger partial charge in [0, 0.05) is 18.2 Å². The number of anilines is 2. The van der Waals surface area contributed by atoms with Gasteiger partial charge in [0.25, 0.3) is 21.8 Å². The highest BCUT2D eigenvalue weighted by molar-refractivity contribution is 7.90. The largest absolute Gasteiger partial charge is 0.482 e. The van der Waals surface area contributed by atoms with Crippen molar-refractivity contribution in [2.24, 2.45) is 0 Å². The Labute approximate surface area is 154 Å². The molecule has 1 aliphatic rings. The molecule has 0 aliphatic carbocycles. The van der Waals surface area contributed by atoms with Crippen LogP contribution >= 0.6 is 0 Å². The van der Waals surface area contributed by atoms with Crippen LogP contribution in [0, 0.1) is 0 Å². The van der Waals surface area contributed by atoms with E-state index in [9.17, 15) is 22.8 Å². The average Bonchev–Trinajstić information content (AvgIpc) is 2.60. The molecule has 1 aliphatic heterocycles. The molecule has 0 saturated heterocycles. The topological polar surface area (TPSA) is 131 Å². The summed E-state index contributed by atoms with van der Waals surface area (Å²) in [6.45, 7) is 1.21. The van der Waals surface area contributed by atoms with Gasteiger partial charge in [0.15, 0.2) is 6.61 Å². The minimum atomic E-state index is -4.12. The molecule has 27 heavy (non-hydrogen) atoms. The molecule has 2 aromatic rings. The third-order valence-corrected chi connectivity index (χ3v) is 4.93. The van der Waals surface area contributed by atoms with Crippen molar-refractivity contribution in [1.82, 2.24) is 4.72 Å². The summed E-state index contributed by atoms with van der Waals surface area (Å²) in [6.07, 6.45) is 0. The number of sulfonamides is 1. The molecule has 2 aromatic carbocycles. The second-order valence-electron chi connectivity index (χ2n) is 5.69. The lowest BCUT2D eigenvalue weighted by molar-refractivity contribution is -0.118. The van der Waals surface area contributed by atoms with Crippen LogP contribution in [-0.4, -0.2) is 32.7 Å². The molecule has 3 amide bonds. The van der Waals surface area contributed by atoms with Gasteiger partial charge in [-0.3, -0.25) is 14.4 Å². The Morgan fingerprint density at radius 1 is 1.11 bits per heavy atom. The molecule has 0 fully saturated rings. The SMILES string of the molecule is CC(=O)Nc1ccc(S(=O)(=O)NC(=O)c2ccc3c(c2)NC(=O)CO3)cc1. The molecule has 3 N–H and O–H groups in total. The smallest absolute Gasteiger partial charge is 0.265 e. The van der Waals surface area contributed by atoms with Crippen LogP contribution in [0.4, 0.5) is 11.4 Å². The second-order valence-corrected chi connectivity index (χ2v) is 7.37. The molecule has 9 nitrogen and oxygen atoms in total. The number of ether oxygens (including phenoxy) is 1. The normalized spacial score (nSPS) is 13.0. The van der Waals surface area contributed by atoms with Gasteiger partial charge in [-0.2, -0.15) is 0 Å². The summed E-state index contributed by atoms with van der Waals surface area (Å²) in [4.78, 5) is 34.5. The Hall–Kier alpha value is -3.40. The van der Waals surface area contributed by atoms with E-state index in [2.05, 4.69) is 10.6 Å². The van der Waals surface area contributed by atoms with Crippen LogP contribution in [0.2, 0.25) is 0 Å². The van der Waals surface area contributed by atoms with Crippen LogP contribution in [0.1, 0.15) is 17.3 Å². The summed E-state index contributed by atoms with van der Waals surface area (Å²) >= 11 is 0. The molecule has 1 heterocycles. The summed E-state index contributed by atoms with van der Waals surface area (Å²) < 4.78 is 31.9. The minimum Gasteiger partial charge on any atom is -0.482 e. The zero-order valence-electron chi connectivity index (χ0n) is 14.1. The fourth-order valence-electron chi connectivity index (χ4n) is 2.38. The van der Waals surface area contributed by atoms with Gasteiger partial charge in [0.1, 0.15) is 5.75 Å². The molecule has 0 unspecified atom stereocenters. The number of fused-ring (bicyclic) bond motifs is 1. The molecule has 0 radical (unpaired) electrons. The predicted molar refractivity (Wildman–Crippen MR) is 96.0 cm³/mol. The van der Waals surface area contributed by atoms with Crippen LogP contribution in [-0.2, 0) is 19.6 Å². The van der Waals surface area contributed by atoms with Crippen molar-refractivity contribution in [2.75, 3.05) is 17.2 Å². The zero-order valence-corrected chi connectivity index (χ0v) is 14.9. The van der Waals surface area contributed by atoms with E-state index < -0.39 is 15.9 Å². The second kappa shape index (κ2) is 7.08. The fraction of sp³-hybridized carbons (Fsp3) is 0.118. The maximum absolute atomic E-state index is 12.4. The first kappa shape index (κ1) is 18.4. The number of benzene rings is 2. The highest BCUT2D eigenvalue weighted by atomic mass is 32.2. The minimum absolute atomic E-state index is 0.0398. The third-order valence-electron chi connectivity index (χ3n) is 3.59. The van der Waals surface area contributed by atoms with Crippen LogP contribution in [0.25, 0.3) is 0 Å². The summed E-state index contributed by atoms with van der Waals surface area (Å²) in [5.74, 6) is -1.12. The highest BCUT2D eigenvalue weighted by Gasteiger charge is 2.22. The summed E-state index contributed by atoms with van der Waals surface area (Å²) in [5, 5.41) is 5.06. The Morgan fingerprint density at radius 2 is 1.81 bits per heavy atom. The first-order valence-electron chi connectivity index (χ1n) is 7.76. The van der Waals surface area contributed by atoms with Crippen LogP contribution < -0.4 is 20.1 Å². The maximum Gasteiger partial charge on any atom is 0.265 e. The molecule has 0 bridgehead atoms. The van der Waals surface area contributed by atoms with Crippen LogP contribution in [0.3, 0.4) is 0 Å². The van der Waals surface area contributed by atoms with Crippen molar-refractivity contribution in [3.05, 3.63) is 48.0 Å². The molecular formula is C17H15N3O6S. The molecule has 10 heteroatoms. The molecule has 0 aromatic heterocycles. The summed E-state index contributed by atoms with van der Waals surface area (Å²) in [7, 11) is -4.12. The van der Waals surface area contributed by atoms with Crippen molar-refractivity contribution in [2.45, 2.75) is 11.8 Å². The monoisotopic (exact) mass is 389 g/mol. The molecular weight excluding hydrogens is 374 g/mol. The van der Waals surface area contributed by atoms with Crippen molar-refractivity contribution in [1.29, 1.82) is 0 Å². The number of hydrogen-bond donors (Lipinski definition) is 3. The number of carbonyl (C=O) groups excluding carboxylic acids is 3. The molecule has 0 atom stereocenters. The summed E-state index contributed by atoms with van der Waals surface area (Å²) in [5.41, 5.74) is 0.757. The van der Waals surface area contributed by atoms with Gasteiger partial charge in [-0.25, -0.2) is 13.1 Å². The van der Waals surface area contributed by atoms with Crippen molar-refractivity contribution in [3.63, 3.8) is 0 Å². The lowest BCUT2D eigenvalue weighted by atomic mass is 10.1. The lowest BCUT2D eigenvalue weighted by Gasteiger charge is -2.18. The van der Waals surface area contributed by atoms with E-state index in [-0.39, 0.29) is 34.6 Å². The lowest BCUT2D eigenvalue weighted by Crippen LogP contribution is -2.31. The van der Waals surface area contributed by atoms with E-state index in [1.54, 1.807) is 0 Å². The van der Waals surface area contributed by atoms with Crippen molar-refractivity contribution < 1.29 is 27.5 Å². The van der Waals surface area contributed by atoms with Crippen LogP contribution in [0.5, 0.6) is 5.75 Å². The Balaban J connectivity index is 1.77. The third kappa shape index (κ3) is 4.23. The summed E-state index contributed by atoms with van der Waals surface area (Å²) in [6, 6.07) is 9.54. The van der Waals surface area contributed by atoms with Crippen molar-refractivity contribution in [3.8, 4) is 5.75 Å². The van der Waals surface area contributed by atoms with E-state index in [0.717, 1.165) is 0 Å². The van der Waals surface area contributed by atoms with E-state index in [1.165, 1.54) is 49.4 Å². The number of rotatable bonds is 4. The maximum atomic E-state index is 12.4. The van der Waals surface area contributed by atoms with Gasteiger partial charge in [0.05, 0.1) is 10.6 Å². The molecule has 0 spiro atoms. The first-order chi connectivity index (χ1) is 12.7. The predicted octanol–water partition coefficient (Wildman–Crippen LogP) is 1.09. The highest BCUT2D eigenvalue weighted by Crippen LogP contribution is 2.28. The quantitative estimate of drug-likeness (QED) is 0.718. The molecule has 140 valence electrons. The fourth-order valence-corrected chi connectivity index (χ4v) is 3.36. The van der Waals surface area contributed by atoms with Gasteiger partial charge in [-0.15, -0.1) is 0 Å². The Kier molecular flexibility index (Phi) is 4.82. The van der Waals surface area contributed by atoms with Crippen molar-refractivity contribution >= 4 is 39.1 Å².